The van der Waals surface area contributed by atoms with E-state index in [1.807, 2.05) is 7.05 Å². The van der Waals surface area contributed by atoms with Gasteiger partial charge in [0.25, 0.3) is 5.56 Å². The summed E-state index contributed by atoms with van der Waals surface area (Å²) in [6.07, 6.45) is 0.860. The first kappa shape index (κ1) is 17.7. The van der Waals surface area contributed by atoms with Crippen LogP contribution < -0.4 is 15.6 Å². The van der Waals surface area contributed by atoms with Crippen LogP contribution in [0, 0.1) is 0 Å². The fourth-order valence-electron chi connectivity index (χ4n) is 2.48. The molecule has 0 radical (unpaired) electrons. The minimum Gasteiger partial charge on any atom is -0.493 e. The summed E-state index contributed by atoms with van der Waals surface area (Å²) in [4.78, 5) is 19.7. The fraction of sp³-hybridized carbons (Fsp3) is 0.222. The number of ether oxygens (including phenoxy) is 1. The number of hydrogen-bond acceptors (Lipinski definition) is 4. The molecule has 1 heterocycles. The number of H-pyrrole nitrogens is 1. The van der Waals surface area contributed by atoms with Crippen LogP contribution in [0.25, 0.3) is 22.3 Å². The quantitative estimate of drug-likeness (QED) is 0.639. The van der Waals surface area contributed by atoms with Gasteiger partial charge in [0.05, 0.1) is 23.1 Å². The van der Waals surface area contributed by atoms with Crippen LogP contribution in [0.15, 0.2) is 41.2 Å². The zero-order valence-electron chi connectivity index (χ0n) is 13.6. The van der Waals surface area contributed by atoms with Gasteiger partial charge in [-0.2, -0.15) is 0 Å². The molecule has 0 saturated carbocycles. The van der Waals surface area contributed by atoms with E-state index in [1.54, 1.807) is 36.4 Å². The predicted molar refractivity (Wildman–Crippen MR) is 102 cm³/mol. The Balaban J connectivity index is 2.03. The molecule has 0 saturated heterocycles. The fourth-order valence-corrected chi connectivity index (χ4v) is 2.83. The standard InChI is InChI=1S/C18H17Cl2N3O2/c1-21-7-2-8-25-16-6-4-12(20)10-14(16)17-22-15-5-3-11(19)9-13(15)18(24)23-17/h3-6,9-10,21H,2,7-8H2,1H3,(H,22,23,24). The molecule has 0 spiro atoms. The summed E-state index contributed by atoms with van der Waals surface area (Å²) in [7, 11) is 1.89. The van der Waals surface area contributed by atoms with E-state index < -0.39 is 0 Å². The zero-order chi connectivity index (χ0) is 17.8. The van der Waals surface area contributed by atoms with Crippen molar-refractivity contribution in [3.05, 3.63) is 56.8 Å². The van der Waals surface area contributed by atoms with Crippen LogP contribution in [-0.2, 0) is 0 Å². The highest BCUT2D eigenvalue weighted by molar-refractivity contribution is 6.31. The number of halogens is 2. The molecule has 130 valence electrons. The Kier molecular flexibility index (Phi) is 5.58. The molecule has 0 atom stereocenters. The maximum Gasteiger partial charge on any atom is 0.259 e. The van der Waals surface area contributed by atoms with Crippen molar-refractivity contribution < 1.29 is 4.74 Å². The second kappa shape index (κ2) is 7.87. The van der Waals surface area contributed by atoms with Gasteiger partial charge in [-0.05, 0) is 56.4 Å². The summed E-state index contributed by atoms with van der Waals surface area (Å²) in [5.74, 6) is 1.03. The van der Waals surface area contributed by atoms with Crippen LogP contribution in [0.4, 0.5) is 0 Å². The van der Waals surface area contributed by atoms with Crippen molar-refractivity contribution in [2.24, 2.45) is 0 Å². The molecule has 7 heteroatoms. The van der Waals surface area contributed by atoms with Gasteiger partial charge in [-0.1, -0.05) is 23.2 Å². The number of aromatic nitrogens is 2. The molecule has 0 aliphatic rings. The average molecular weight is 378 g/mol. The van der Waals surface area contributed by atoms with Gasteiger partial charge in [0, 0.05) is 10.0 Å². The maximum atomic E-state index is 12.4. The first-order valence-electron chi connectivity index (χ1n) is 7.85. The summed E-state index contributed by atoms with van der Waals surface area (Å²) in [5, 5.41) is 4.54. The topological polar surface area (TPSA) is 67.0 Å². The van der Waals surface area contributed by atoms with E-state index in [2.05, 4.69) is 15.3 Å². The predicted octanol–water partition coefficient (Wildman–Crippen LogP) is 3.89. The van der Waals surface area contributed by atoms with Gasteiger partial charge in [-0.15, -0.1) is 0 Å². The van der Waals surface area contributed by atoms with E-state index in [9.17, 15) is 4.79 Å². The van der Waals surface area contributed by atoms with E-state index in [4.69, 9.17) is 27.9 Å². The van der Waals surface area contributed by atoms with Gasteiger partial charge in [0.2, 0.25) is 0 Å². The molecule has 3 rings (SSSR count). The van der Waals surface area contributed by atoms with Gasteiger partial charge in [0.1, 0.15) is 11.6 Å². The van der Waals surface area contributed by atoms with Crippen LogP contribution in [0.1, 0.15) is 6.42 Å². The lowest BCUT2D eigenvalue weighted by molar-refractivity contribution is 0.311. The van der Waals surface area contributed by atoms with Crippen molar-refractivity contribution in [1.29, 1.82) is 0 Å². The third-order valence-electron chi connectivity index (χ3n) is 3.69. The highest BCUT2D eigenvalue weighted by atomic mass is 35.5. The van der Waals surface area contributed by atoms with Gasteiger partial charge in [-0.3, -0.25) is 4.79 Å². The molecule has 1 aromatic heterocycles. The van der Waals surface area contributed by atoms with Crippen molar-refractivity contribution in [3.63, 3.8) is 0 Å². The largest absolute Gasteiger partial charge is 0.493 e. The number of hydrogen-bond donors (Lipinski definition) is 2. The zero-order valence-corrected chi connectivity index (χ0v) is 15.1. The minimum atomic E-state index is -0.261. The van der Waals surface area contributed by atoms with Crippen LogP contribution >= 0.6 is 23.2 Å². The van der Waals surface area contributed by atoms with Crippen molar-refractivity contribution in [1.82, 2.24) is 15.3 Å². The monoisotopic (exact) mass is 377 g/mol. The molecular weight excluding hydrogens is 361 g/mol. The average Bonchev–Trinajstić information content (AvgIpc) is 2.60. The Hall–Kier alpha value is -2.08. The highest BCUT2D eigenvalue weighted by Crippen LogP contribution is 2.31. The summed E-state index contributed by atoms with van der Waals surface area (Å²) in [6, 6.07) is 10.3. The van der Waals surface area contributed by atoms with Crippen LogP contribution in [-0.4, -0.2) is 30.2 Å². The number of nitrogens with one attached hydrogen (secondary N) is 2. The molecular formula is C18H17Cl2N3O2. The summed E-state index contributed by atoms with van der Waals surface area (Å²) < 4.78 is 5.84. The number of nitrogens with zero attached hydrogens (tertiary/aromatic N) is 1. The third-order valence-corrected chi connectivity index (χ3v) is 4.16. The van der Waals surface area contributed by atoms with E-state index in [0.717, 1.165) is 13.0 Å². The Labute approximate surface area is 155 Å². The van der Waals surface area contributed by atoms with Gasteiger partial charge >= 0.3 is 0 Å². The molecule has 3 aromatic rings. The normalized spacial score (nSPS) is 11.0. The molecule has 0 unspecified atom stereocenters. The number of benzene rings is 2. The molecule has 2 aromatic carbocycles. The molecule has 25 heavy (non-hydrogen) atoms. The molecule has 5 nitrogen and oxygen atoms in total. The van der Waals surface area contributed by atoms with Crippen molar-refractivity contribution in [2.75, 3.05) is 20.2 Å². The highest BCUT2D eigenvalue weighted by Gasteiger charge is 2.12. The second-order valence-corrected chi connectivity index (χ2v) is 6.39. The SMILES string of the molecule is CNCCCOc1ccc(Cl)cc1-c1nc2ccc(Cl)cc2c(=O)[nH]1. The smallest absolute Gasteiger partial charge is 0.259 e. The lowest BCUT2D eigenvalue weighted by atomic mass is 10.1. The summed E-state index contributed by atoms with van der Waals surface area (Å²) >= 11 is 12.1. The van der Waals surface area contributed by atoms with Crippen LogP contribution in [0.5, 0.6) is 5.75 Å². The lowest BCUT2D eigenvalue weighted by Gasteiger charge is -2.12. The molecule has 0 fully saturated rings. The van der Waals surface area contributed by atoms with Gasteiger partial charge in [-0.25, -0.2) is 4.98 Å². The maximum absolute atomic E-state index is 12.4. The lowest BCUT2D eigenvalue weighted by Crippen LogP contribution is -2.12. The second-order valence-electron chi connectivity index (χ2n) is 5.52. The van der Waals surface area contributed by atoms with Crippen molar-refractivity contribution >= 4 is 34.1 Å². The van der Waals surface area contributed by atoms with E-state index in [1.165, 1.54) is 0 Å². The Morgan fingerprint density at radius 1 is 1.16 bits per heavy atom. The molecule has 0 amide bonds. The Morgan fingerprint density at radius 3 is 2.72 bits per heavy atom. The molecule has 0 aliphatic carbocycles. The molecule has 0 aliphatic heterocycles. The van der Waals surface area contributed by atoms with Crippen molar-refractivity contribution in [3.8, 4) is 17.1 Å². The third kappa shape index (κ3) is 4.12. The summed E-state index contributed by atoms with van der Waals surface area (Å²) in [6.45, 7) is 1.40. The first-order valence-corrected chi connectivity index (χ1v) is 8.61. The number of rotatable bonds is 6. The Bertz CT molecular complexity index is 957. The van der Waals surface area contributed by atoms with E-state index in [0.29, 0.717) is 44.7 Å². The molecule has 2 N–H and O–H groups in total. The van der Waals surface area contributed by atoms with Crippen LogP contribution in [0.3, 0.4) is 0 Å². The van der Waals surface area contributed by atoms with Crippen LogP contribution in [0.2, 0.25) is 10.0 Å². The minimum absolute atomic E-state index is 0.261. The molecule has 0 bridgehead atoms. The van der Waals surface area contributed by atoms with E-state index >= 15 is 0 Å². The van der Waals surface area contributed by atoms with Gasteiger partial charge < -0.3 is 15.0 Å². The summed E-state index contributed by atoms with van der Waals surface area (Å²) in [5.41, 5.74) is 0.943. The van der Waals surface area contributed by atoms with E-state index in [-0.39, 0.29) is 5.56 Å². The first-order chi connectivity index (χ1) is 12.1. The van der Waals surface area contributed by atoms with Gasteiger partial charge in [0.15, 0.2) is 0 Å². The number of fused-ring (bicyclic) bond motifs is 1. The van der Waals surface area contributed by atoms with Crippen molar-refractivity contribution in [2.45, 2.75) is 6.42 Å². The number of aromatic amines is 1. The Morgan fingerprint density at radius 2 is 1.92 bits per heavy atom.